The Morgan fingerprint density at radius 3 is 3.11 bits per heavy atom. The minimum atomic E-state index is -0.216. The van der Waals surface area contributed by atoms with Gasteiger partial charge in [0.2, 0.25) is 0 Å². The van der Waals surface area contributed by atoms with Crippen LogP contribution in [0.4, 0.5) is 0 Å². The van der Waals surface area contributed by atoms with Crippen LogP contribution in [0.15, 0.2) is 36.0 Å². The highest BCUT2D eigenvalue weighted by atomic mass is 32.1. The van der Waals surface area contributed by atoms with Crippen LogP contribution in [0.3, 0.4) is 0 Å². The Kier molecular flexibility index (Phi) is 4.67. The van der Waals surface area contributed by atoms with Crippen LogP contribution in [0.25, 0.3) is 0 Å². The van der Waals surface area contributed by atoms with Crippen molar-refractivity contribution >= 4 is 17.2 Å². The largest absolute Gasteiger partial charge is 0.384 e. The molecular weight excluding hydrogens is 260 g/mol. The van der Waals surface area contributed by atoms with Crippen LogP contribution in [-0.2, 0) is 6.54 Å². The summed E-state index contributed by atoms with van der Waals surface area (Å²) in [6.45, 7) is 0.212. The highest BCUT2D eigenvalue weighted by Crippen LogP contribution is 2.15. The highest BCUT2D eigenvalue weighted by molar-refractivity contribution is 7.12. The summed E-state index contributed by atoms with van der Waals surface area (Å²) in [5, 5.41) is 13.3. The first-order valence-electron chi connectivity index (χ1n) is 5.65. The van der Waals surface area contributed by atoms with E-state index in [0.717, 1.165) is 5.56 Å². The van der Waals surface area contributed by atoms with Gasteiger partial charge in [-0.15, -0.1) is 11.3 Å². The zero-order valence-corrected chi connectivity index (χ0v) is 10.9. The molecule has 0 spiro atoms. The lowest BCUT2D eigenvalue weighted by Gasteiger charge is -2.03. The van der Waals surface area contributed by atoms with Gasteiger partial charge < -0.3 is 10.4 Å². The summed E-state index contributed by atoms with van der Waals surface area (Å²) in [6, 6.07) is 5.49. The fourth-order valence-electron chi connectivity index (χ4n) is 1.48. The Bertz CT molecular complexity index is 611. The van der Waals surface area contributed by atoms with E-state index in [9.17, 15) is 4.79 Å². The standard InChI is InChI=1S/C14H12N2O2S/c17-7-2-4-12-5-8-19-13(12)14(18)16-10-11-3-1-6-15-9-11/h1,3,5-6,8-9,17H,7,10H2,(H,16,18). The Balaban J connectivity index is 2.02. The van der Waals surface area contributed by atoms with Gasteiger partial charge in [0.1, 0.15) is 11.5 Å². The van der Waals surface area contributed by atoms with Gasteiger partial charge in [-0.3, -0.25) is 9.78 Å². The van der Waals surface area contributed by atoms with E-state index in [1.807, 2.05) is 12.1 Å². The van der Waals surface area contributed by atoms with Crippen LogP contribution in [-0.4, -0.2) is 22.6 Å². The first-order chi connectivity index (χ1) is 9.31. The van der Waals surface area contributed by atoms with Gasteiger partial charge in [-0.1, -0.05) is 17.9 Å². The molecule has 2 heterocycles. The van der Waals surface area contributed by atoms with Crippen LogP contribution in [0.2, 0.25) is 0 Å². The third-order valence-corrected chi connectivity index (χ3v) is 3.26. The summed E-state index contributed by atoms with van der Waals surface area (Å²) >= 11 is 1.33. The van der Waals surface area contributed by atoms with Crippen LogP contribution >= 0.6 is 11.3 Å². The molecule has 2 N–H and O–H groups in total. The van der Waals surface area contributed by atoms with Gasteiger partial charge in [0.15, 0.2) is 0 Å². The van der Waals surface area contributed by atoms with Gasteiger partial charge in [0.05, 0.1) is 0 Å². The summed E-state index contributed by atoms with van der Waals surface area (Å²) in [6.07, 6.45) is 3.40. The summed E-state index contributed by atoms with van der Waals surface area (Å²) in [4.78, 5) is 16.6. The zero-order chi connectivity index (χ0) is 13.5. The van der Waals surface area contributed by atoms with Crippen molar-refractivity contribution in [3.8, 4) is 11.8 Å². The van der Waals surface area contributed by atoms with Crippen LogP contribution in [0.1, 0.15) is 20.8 Å². The number of rotatable bonds is 3. The minimum absolute atomic E-state index is 0.166. The second kappa shape index (κ2) is 6.69. The Hall–Kier alpha value is -2.16. The molecule has 2 rings (SSSR count). The molecule has 0 saturated heterocycles. The summed E-state index contributed by atoms with van der Waals surface area (Å²) in [5.41, 5.74) is 1.58. The number of pyridine rings is 1. The van der Waals surface area contributed by atoms with E-state index in [1.165, 1.54) is 11.3 Å². The second-order valence-corrected chi connectivity index (χ2v) is 4.58. The van der Waals surface area contributed by atoms with Crippen molar-refractivity contribution in [1.29, 1.82) is 0 Å². The van der Waals surface area contributed by atoms with Crippen molar-refractivity contribution < 1.29 is 9.90 Å². The summed E-state index contributed by atoms with van der Waals surface area (Å²) < 4.78 is 0. The molecule has 0 aliphatic heterocycles. The van der Waals surface area contributed by atoms with E-state index in [1.54, 1.807) is 23.8 Å². The third-order valence-electron chi connectivity index (χ3n) is 2.35. The maximum absolute atomic E-state index is 12.0. The van der Waals surface area contributed by atoms with Gasteiger partial charge in [-0.25, -0.2) is 0 Å². The molecule has 0 aromatic carbocycles. The predicted octanol–water partition coefficient (Wildman–Crippen LogP) is 1.42. The molecule has 1 amide bonds. The van der Waals surface area contributed by atoms with Crippen LogP contribution < -0.4 is 5.32 Å². The molecule has 0 bridgehead atoms. The van der Waals surface area contributed by atoms with E-state index in [4.69, 9.17) is 5.11 Å². The highest BCUT2D eigenvalue weighted by Gasteiger charge is 2.11. The average Bonchev–Trinajstić information content (AvgIpc) is 2.92. The lowest BCUT2D eigenvalue weighted by atomic mass is 10.2. The molecule has 0 aliphatic carbocycles. The monoisotopic (exact) mass is 272 g/mol. The Labute approximate surface area is 115 Å². The molecule has 5 heteroatoms. The molecule has 0 unspecified atom stereocenters. The number of amides is 1. The van der Waals surface area contributed by atoms with Crippen molar-refractivity contribution in [3.63, 3.8) is 0 Å². The molecule has 0 atom stereocenters. The molecule has 4 nitrogen and oxygen atoms in total. The number of hydrogen-bond acceptors (Lipinski definition) is 4. The topological polar surface area (TPSA) is 62.2 Å². The van der Waals surface area contributed by atoms with Crippen molar-refractivity contribution in [2.24, 2.45) is 0 Å². The summed E-state index contributed by atoms with van der Waals surface area (Å²) in [5.74, 6) is 5.14. The fourth-order valence-corrected chi connectivity index (χ4v) is 2.25. The molecule has 96 valence electrons. The number of aliphatic hydroxyl groups excluding tert-OH is 1. The molecule has 0 aliphatic rings. The van der Waals surface area contributed by atoms with E-state index < -0.39 is 0 Å². The van der Waals surface area contributed by atoms with Gasteiger partial charge in [0.25, 0.3) is 5.91 Å². The second-order valence-electron chi connectivity index (χ2n) is 3.67. The Morgan fingerprint density at radius 2 is 2.37 bits per heavy atom. The molecule has 0 fully saturated rings. The van der Waals surface area contributed by atoms with Crippen molar-refractivity contribution in [2.45, 2.75) is 6.54 Å². The quantitative estimate of drug-likeness (QED) is 0.831. The molecule has 0 radical (unpaired) electrons. The predicted molar refractivity (Wildman–Crippen MR) is 73.7 cm³/mol. The van der Waals surface area contributed by atoms with Crippen LogP contribution in [0.5, 0.6) is 0 Å². The van der Waals surface area contributed by atoms with Crippen LogP contribution in [0, 0.1) is 11.8 Å². The molecule has 2 aromatic heterocycles. The summed E-state index contributed by atoms with van der Waals surface area (Å²) in [7, 11) is 0. The molecule has 0 saturated carbocycles. The smallest absolute Gasteiger partial charge is 0.262 e. The number of nitrogens with one attached hydrogen (secondary N) is 1. The number of aliphatic hydroxyl groups is 1. The SMILES string of the molecule is O=C(NCc1cccnc1)c1sccc1C#CCO. The van der Waals surface area contributed by atoms with Gasteiger partial charge in [0, 0.05) is 24.5 Å². The first-order valence-corrected chi connectivity index (χ1v) is 6.53. The van der Waals surface area contributed by atoms with E-state index in [-0.39, 0.29) is 12.5 Å². The van der Waals surface area contributed by atoms with Gasteiger partial charge >= 0.3 is 0 Å². The van der Waals surface area contributed by atoms with Crippen molar-refractivity contribution in [3.05, 3.63) is 52.0 Å². The maximum atomic E-state index is 12.0. The zero-order valence-electron chi connectivity index (χ0n) is 10.1. The molecule has 19 heavy (non-hydrogen) atoms. The number of carbonyl (C=O) groups excluding carboxylic acids is 1. The third kappa shape index (κ3) is 3.65. The van der Waals surface area contributed by atoms with Crippen molar-refractivity contribution in [2.75, 3.05) is 6.61 Å². The van der Waals surface area contributed by atoms with E-state index >= 15 is 0 Å². The lowest BCUT2D eigenvalue weighted by Crippen LogP contribution is -2.22. The van der Waals surface area contributed by atoms with Gasteiger partial charge in [-0.05, 0) is 23.1 Å². The number of nitrogens with zero attached hydrogens (tertiary/aromatic N) is 1. The molecular formula is C14H12N2O2S. The normalized spacial score (nSPS) is 9.53. The average molecular weight is 272 g/mol. The maximum Gasteiger partial charge on any atom is 0.262 e. The number of carbonyl (C=O) groups is 1. The van der Waals surface area contributed by atoms with E-state index in [0.29, 0.717) is 17.0 Å². The van der Waals surface area contributed by atoms with E-state index in [2.05, 4.69) is 22.1 Å². The first kappa shape index (κ1) is 13.3. The lowest BCUT2D eigenvalue weighted by molar-refractivity contribution is 0.0954. The minimum Gasteiger partial charge on any atom is -0.384 e. The number of hydrogen-bond donors (Lipinski definition) is 2. The number of thiophene rings is 1. The van der Waals surface area contributed by atoms with Gasteiger partial charge in [-0.2, -0.15) is 0 Å². The fraction of sp³-hybridized carbons (Fsp3) is 0.143. The molecule has 2 aromatic rings. The van der Waals surface area contributed by atoms with Crippen molar-refractivity contribution in [1.82, 2.24) is 10.3 Å². The Morgan fingerprint density at radius 1 is 1.47 bits per heavy atom. The number of aromatic nitrogens is 1.